The standard InChI is InChI=1S/C20H26N6O4/c21-17(28)13-4-3-9-25(11-13)15-6-5-14(10-22-15)23-16(27)12-26-18(29)20(24-19(26)30)7-1-2-8-20/h5-6,10,13H,1-4,7-9,11-12H2,(H2,21,28)(H,23,27)(H,24,30). The molecule has 3 aliphatic rings. The average molecular weight is 414 g/mol. The Morgan fingerprint density at radius 1 is 1.23 bits per heavy atom. The first kappa shape index (κ1) is 20.1. The van der Waals surface area contributed by atoms with Crippen molar-refractivity contribution in [2.75, 3.05) is 29.9 Å². The molecule has 30 heavy (non-hydrogen) atoms. The summed E-state index contributed by atoms with van der Waals surface area (Å²) < 4.78 is 0. The van der Waals surface area contributed by atoms with Crippen LogP contribution in [0.4, 0.5) is 16.3 Å². The lowest BCUT2D eigenvalue weighted by Gasteiger charge is -2.32. The number of hydrogen-bond donors (Lipinski definition) is 3. The molecule has 0 radical (unpaired) electrons. The minimum atomic E-state index is -0.822. The summed E-state index contributed by atoms with van der Waals surface area (Å²) in [5.74, 6) is -0.565. The number of aromatic nitrogens is 1. The van der Waals surface area contributed by atoms with E-state index in [2.05, 4.69) is 15.6 Å². The number of piperidine rings is 1. The van der Waals surface area contributed by atoms with Gasteiger partial charge in [-0.2, -0.15) is 0 Å². The normalized spacial score (nSPS) is 23.0. The van der Waals surface area contributed by atoms with Crippen LogP contribution >= 0.6 is 0 Å². The molecule has 0 bridgehead atoms. The molecule has 3 heterocycles. The van der Waals surface area contributed by atoms with Crippen LogP contribution in [0.25, 0.3) is 0 Å². The van der Waals surface area contributed by atoms with Crippen molar-refractivity contribution in [1.82, 2.24) is 15.2 Å². The van der Waals surface area contributed by atoms with Crippen molar-refractivity contribution in [3.05, 3.63) is 18.3 Å². The SMILES string of the molecule is NC(=O)C1CCCN(c2ccc(NC(=O)CN3C(=O)NC4(CCCC4)C3=O)cn2)C1. The minimum Gasteiger partial charge on any atom is -0.369 e. The molecule has 160 valence electrons. The van der Waals surface area contributed by atoms with E-state index in [4.69, 9.17) is 5.73 Å². The predicted molar refractivity (Wildman–Crippen MR) is 108 cm³/mol. The van der Waals surface area contributed by atoms with Crippen LogP contribution < -0.4 is 21.3 Å². The molecule has 1 unspecified atom stereocenters. The van der Waals surface area contributed by atoms with Crippen LogP contribution in [0.3, 0.4) is 0 Å². The number of primary amides is 1. The highest BCUT2D eigenvalue weighted by Crippen LogP contribution is 2.35. The van der Waals surface area contributed by atoms with Crippen molar-refractivity contribution in [2.45, 2.75) is 44.1 Å². The second-order valence-electron chi connectivity index (χ2n) is 8.25. The van der Waals surface area contributed by atoms with Gasteiger partial charge >= 0.3 is 6.03 Å². The molecule has 10 heteroatoms. The number of carbonyl (C=O) groups is 4. The van der Waals surface area contributed by atoms with Gasteiger partial charge in [0.05, 0.1) is 17.8 Å². The van der Waals surface area contributed by atoms with Gasteiger partial charge in [0, 0.05) is 13.1 Å². The van der Waals surface area contributed by atoms with Gasteiger partial charge in [-0.3, -0.25) is 19.3 Å². The number of hydrogen-bond acceptors (Lipinski definition) is 6. The van der Waals surface area contributed by atoms with Crippen molar-refractivity contribution in [3.8, 4) is 0 Å². The highest BCUT2D eigenvalue weighted by atomic mass is 16.2. The van der Waals surface area contributed by atoms with Crippen molar-refractivity contribution in [1.29, 1.82) is 0 Å². The Bertz CT molecular complexity index is 865. The number of nitrogens with two attached hydrogens (primary N) is 1. The first-order valence-electron chi connectivity index (χ1n) is 10.3. The van der Waals surface area contributed by atoms with Gasteiger partial charge in [-0.1, -0.05) is 12.8 Å². The molecule has 3 fully saturated rings. The van der Waals surface area contributed by atoms with E-state index < -0.39 is 17.5 Å². The van der Waals surface area contributed by atoms with Crippen molar-refractivity contribution in [3.63, 3.8) is 0 Å². The molecule has 0 aromatic carbocycles. The molecular weight excluding hydrogens is 388 g/mol. The minimum absolute atomic E-state index is 0.188. The average Bonchev–Trinajstić information content (AvgIpc) is 3.29. The van der Waals surface area contributed by atoms with Crippen LogP contribution in [0.15, 0.2) is 18.3 Å². The van der Waals surface area contributed by atoms with Gasteiger partial charge in [-0.25, -0.2) is 9.78 Å². The van der Waals surface area contributed by atoms with Crippen LogP contribution in [-0.4, -0.2) is 58.8 Å². The summed E-state index contributed by atoms with van der Waals surface area (Å²) in [4.78, 5) is 56.0. The summed E-state index contributed by atoms with van der Waals surface area (Å²) in [5, 5.41) is 5.44. The highest BCUT2D eigenvalue weighted by Gasteiger charge is 2.52. The fourth-order valence-corrected chi connectivity index (χ4v) is 4.55. The van der Waals surface area contributed by atoms with Crippen LogP contribution in [0.2, 0.25) is 0 Å². The maximum atomic E-state index is 12.6. The zero-order chi connectivity index (χ0) is 21.3. The zero-order valence-corrected chi connectivity index (χ0v) is 16.7. The Morgan fingerprint density at radius 2 is 2.00 bits per heavy atom. The number of urea groups is 1. The lowest BCUT2D eigenvalue weighted by Crippen LogP contribution is -2.44. The molecule has 2 aliphatic heterocycles. The van der Waals surface area contributed by atoms with Crippen LogP contribution in [0.1, 0.15) is 38.5 Å². The molecule has 1 aliphatic carbocycles. The molecule has 1 aromatic heterocycles. The summed E-state index contributed by atoms with van der Waals surface area (Å²) in [6.45, 7) is 0.985. The third-order valence-corrected chi connectivity index (χ3v) is 6.18. The number of pyridine rings is 1. The van der Waals surface area contributed by atoms with Gasteiger partial charge < -0.3 is 21.3 Å². The zero-order valence-electron chi connectivity index (χ0n) is 16.7. The van der Waals surface area contributed by atoms with E-state index in [0.717, 1.165) is 37.1 Å². The number of anilines is 2. The molecule has 1 spiro atoms. The van der Waals surface area contributed by atoms with Crippen molar-refractivity contribution < 1.29 is 19.2 Å². The molecular formula is C20H26N6O4. The number of carbonyl (C=O) groups excluding carboxylic acids is 4. The van der Waals surface area contributed by atoms with Gasteiger partial charge in [-0.05, 0) is 37.8 Å². The summed E-state index contributed by atoms with van der Waals surface area (Å²) >= 11 is 0. The molecule has 4 rings (SSSR count). The summed E-state index contributed by atoms with van der Waals surface area (Å²) in [6, 6.07) is 2.96. The Kier molecular flexibility index (Phi) is 5.31. The lowest BCUT2D eigenvalue weighted by atomic mass is 9.97. The molecule has 1 atom stereocenters. The third kappa shape index (κ3) is 3.81. The van der Waals surface area contributed by atoms with Crippen molar-refractivity contribution >= 4 is 35.3 Å². The van der Waals surface area contributed by atoms with Crippen LogP contribution in [0, 0.1) is 5.92 Å². The van der Waals surface area contributed by atoms with E-state index in [0.29, 0.717) is 30.9 Å². The van der Waals surface area contributed by atoms with E-state index in [1.807, 2.05) is 4.90 Å². The van der Waals surface area contributed by atoms with E-state index in [9.17, 15) is 19.2 Å². The Morgan fingerprint density at radius 3 is 2.67 bits per heavy atom. The quantitative estimate of drug-likeness (QED) is 0.603. The molecule has 10 nitrogen and oxygen atoms in total. The van der Waals surface area contributed by atoms with Gasteiger partial charge in [0.2, 0.25) is 11.8 Å². The molecule has 5 amide bonds. The summed E-state index contributed by atoms with van der Waals surface area (Å²) in [7, 11) is 0. The van der Waals surface area contributed by atoms with Crippen LogP contribution in [-0.2, 0) is 14.4 Å². The first-order chi connectivity index (χ1) is 14.4. The number of nitrogens with one attached hydrogen (secondary N) is 2. The fraction of sp³-hybridized carbons (Fsp3) is 0.550. The fourth-order valence-electron chi connectivity index (χ4n) is 4.55. The van der Waals surface area contributed by atoms with Crippen LogP contribution in [0.5, 0.6) is 0 Å². The van der Waals surface area contributed by atoms with Gasteiger partial charge in [0.15, 0.2) is 0 Å². The second kappa shape index (κ2) is 7.92. The van der Waals surface area contributed by atoms with E-state index in [-0.39, 0.29) is 24.3 Å². The monoisotopic (exact) mass is 414 g/mol. The van der Waals surface area contributed by atoms with Gasteiger partial charge in [0.25, 0.3) is 5.91 Å². The van der Waals surface area contributed by atoms with E-state index >= 15 is 0 Å². The maximum absolute atomic E-state index is 12.6. The number of rotatable bonds is 5. The number of nitrogens with zero attached hydrogens (tertiary/aromatic N) is 3. The molecule has 1 saturated carbocycles. The Hall–Kier alpha value is -3.17. The smallest absolute Gasteiger partial charge is 0.325 e. The summed E-state index contributed by atoms with van der Waals surface area (Å²) in [6.07, 6.45) is 6.18. The Labute approximate surface area is 174 Å². The summed E-state index contributed by atoms with van der Waals surface area (Å²) in [5.41, 5.74) is 5.07. The Balaban J connectivity index is 1.34. The predicted octanol–water partition coefficient (Wildman–Crippen LogP) is 0.586. The van der Waals surface area contributed by atoms with Gasteiger partial charge in [0.1, 0.15) is 17.9 Å². The lowest BCUT2D eigenvalue weighted by molar-refractivity contribution is -0.133. The largest absolute Gasteiger partial charge is 0.369 e. The molecule has 2 saturated heterocycles. The van der Waals surface area contributed by atoms with Gasteiger partial charge in [-0.15, -0.1) is 0 Å². The van der Waals surface area contributed by atoms with Crippen molar-refractivity contribution in [2.24, 2.45) is 11.7 Å². The first-order valence-corrected chi connectivity index (χ1v) is 10.3. The maximum Gasteiger partial charge on any atom is 0.325 e. The number of imide groups is 1. The topological polar surface area (TPSA) is 138 Å². The molecule has 4 N–H and O–H groups in total. The highest BCUT2D eigenvalue weighted by molar-refractivity contribution is 6.10. The van der Waals surface area contributed by atoms with E-state index in [1.165, 1.54) is 6.20 Å². The molecule has 1 aromatic rings. The number of amides is 5. The van der Waals surface area contributed by atoms with E-state index in [1.54, 1.807) is 12.1 Å². The third-order valence-electron chi connectivity index (χ3n) is 6.18. The second-order valence-corrected chi connectivity index (χ2v) is 8.25.